The number of ether oxygens (including phenoxy) is 2. The molecule has 0 fully saturated rings. The van der Waals surface area contributed by atoms with Gasteiger partial charge in [0.25, 0.3) is 5.89 Å². The number of rotatable bonds is 8. The van der Waals surface area contributed by atoms with Crippen molar-refractivity contribution in [2.45, 2.75) is 38.9 Å². The van der Waals surface area contributed by atoms with Gasteiger partial charge in [0, 0.05) is 13.7 Å². The monoisotopic (exact) mass is 243 g/mol. The van der Waals surface area contributed by atoms with Crippen LogP contribution in [0.4, 0.5) is 0 Å². The maximum absolute atomic E-state index is 5.52. The van der Waals surface area contributed by atoms with Crippen LogP contribution < -0.4 is 5.73 Å². The van der Waals surface area contributed by atoms with E-state index in [2.05, 4.69) is 10.1 Å². The zero-order chi connectivity index (χ0) is 12.7. The Morgan fingerprint density at radius 2 is 2.06 bits per heavy atom. The van der Waals surface area contributed by atoms with Gasteiger partial charge < -0.3 is 19.7 Å². The molecule has 0 aromatic carbocycles. The summed E-state index contributed by atoms with van der Waals surface area (Å²) in [5.41, 5.74) is 4.86. The lowest BCUT2D eigenvalue weighted by Gasteiger charge is -2.25. The number of nitrogens with zero attached hydrogens (tertiary/aromatic N) is 2. The Bertz CT molecular complexity index is 315. The van der Waals surface area contributed by atoms with E-state index >= 15 is 0 Å². The Morgan fingerprint density at radius 1 is 1.35 bits per heavy atom. The van der Waals surface area contributed by atoms with Crippen molar-refractivity contribution < 1.29 is 14.0 Å². The predicted molar refractivity (Wildman–Crippen MR) is 62.3 cm³/mol. The van der Waals surface area contributed by atoms with Crippen molar-refractivity contribution in [3.05, 3.63) is 11.7 Å². The Kier molecular flexibility index (Phi) is 5.54. The second kappa shape index (κ2) is 6.68. The Labute approximate surface area is 101 Å². The van der Waals surface area contributed by atoms with Gasteiger partial charge >= 0.3 is 0 Å². The first kappa shape index (κ1) is 14.1. The summed E-state index contributed by atoms with van der Waals surface area (Å²) in [5.74, 6) is 1.04. The molecule has 17 heavy (non-hydrogen) atoms. The SMILES string of the molecule is CCC(CC)(OC)c1noc(COCCN)n1. The van der Waals surface area contributed by atoms with Crippen molar-refractivity contribution in [2.75, 3.05) is 20.3 Å². The van der Waals surface area contributed by atoms with E-state index in [1.807, 2.05) is 13.8 Å². The number of methoxy groups -OCH3 is 1. The van der Waals surface area contributed by atoms with Gasteiger partial charge in [-0.1, -0.05) is 19.0 Å². The molecule has 6 nitrogen and oxygen atoms in total. The largest absolute Gasteiger partial charge is 0.370 e. The topological polar surface area (TPSA) is 83.4 Å². The Morgan fingerprint density at radius 3 is 2.59 bits per heavy atom. The number of aromatic nitrogens is 2. The average Bonchev–Trinajstić information content (AvgIpc) is 2.82. The molecular weight excluding hydrogens is 222 g/mol. The molecule has 0 saturated heterocycles. The highest BCUT2D eigenvalue weighted by molar-refractivity contribution is 5.00. The van der Waals surface area contributed by atoms with Crippen molar-refractivity contribution in [1.82, 2.24) is 10.1 Å². The lowest BCUT2D eigenvalue weighted by molar-refractivity contribution is -0.0306. The van der Waals surface area contributed by atoms with Gasteiger partial charge in [-0.3, -0.25) is 0 Å². The summed E-state index contributed by atoms with van der Waals surface area (Å²) in [5, 5.41) is 3.96. The molecule has 0 saturated carbocycles. The summed E-state index contributed by atoms with van der Waals surface area (Å²) in [7, 11) is 1.66. The zero-order valence-electron chi connectivity index (χ0n) is 10.7. The molecule has 1 rings (SSSR count). The molecule has 0 aliphatic rings. The third-order valence-corrected chi connectivity index (χ3v) is 2.90. The molecule has 0 aliphatic heterocycles. The van der Waals surface area contributed by atoms with Gasteiger partial charge in [-0.2, -0.15) is 4.98 Å². The molecule has 1 aromatic heterocycles. The van der Waals surface area contributed by atoms with Crippen molar-refractivity contribution in [1.29, 1.82) is 0 Å². The highest BCUT2D eigenvalue weighted by Gasteiger charge is 2.33. The number of hydrogen-bond acceptors (Lipinski definition) is 6. The first-order valence-corrected chi connectivity index (χ1v) is 5.88. The minimum Gasteiger partial charge on any atom is -0.370 e. The fourth-order valence-corrected chi connectivity index (χ4v) is 1.69. The molecule has 0 atom stereocenters. The first-order chi connectivity index (χ1) is 8.22. The third-order valence-electron chi connectivity index (χ3n) is 2.90. The number of nitrogens with two attached hydrogens (primary N) is 1. The highest BCUT2D eigenvalue weighted by Crippen LogP contribution is 2.29. The third kappa shape index (κ3) is 3.24. The molecule has 0 spiro atoms. The average molecular weight is 243 g/mol. The smallest absolute Gasteiger partial charge is 0.252 e. The molecule has 0 bridgehead atoms. The lowest BCUT2D eigenvalue weighted by Crippen LogP contribution is -2.28. The minimum absolute atomic E-state index is 0.289. The van der Waals surface area contributed by atoms with E-state index in [1.165, 1.54) is 0 Å². The summed E-state index contributed by atoms with van der Waals surface area (Å²) in [6.07, 6.45) is 1.59. The van der Waals surface area contributed by atoms with Crippen molar-refractivity contribution in [3.8, 4) is 0 Å². The molecule has 2 N–H and O–H groups in total. The van der Waals surface area contributed by atoms with Crippen LogP contribution in [-0.4, -0.2) is 30.4 Å². The van der Waals surface area contributed by atoms with Gasteiger partial charge in [-0.25, -0.2) is 0 Å². The van der Waals surface area contributed by atoms with Crippen molar-refractivity contribution >= 4 is 0 Å². The second-order valence-electron chi connectivity index (χ2n) is 3.76. The van der Waals surface area contributed by atoms with Gasteiger partial charge in [-0.15, -0.1) is 0 Å². The van der Waals surface area contributed by atoms with Crippen LogP contribution in [0.15, 0.2) is 4.52 Å². The number of hydrogen-bond donors (Lipinski definition) is 1. The fourth-order valence-electron chi connectivity index (χ4n) is 1.69. The maximum Gasteiger partial charge on any atom is 0.252 e. The van der Waals surface area contributed by atoms with E-state index in [9.17, 15) is 0 Å². The van der Waals surface area contributed by atoms with Gasteiger partial charge in [0.05, 0.1) is 6.61 Å². The van der Waals surface area contributed by atoms with Crippen molar-refractivity contribution in [2.24, 2.45) is 5.73 Å². The standard InChI is InChI=1S/C11H21N3O3/c1-4-11(5-2,15-3)10-13-9(17-14-10)8-16-7-6-12/h4-8,12H2,1-3H3. The van der Waals surface area contributed by atoms with E-state index in [4.69, 9.17) is 19.7 Å². The minimum atomic E-state index is -0.463. The van der Waals surface area contributed by atoms with Gasteiger partial charge in [0.15, 0.2) is 0 Å². The molecule has 1 aromatic rings. The van der Waals surface area contributed by atoms with Crippen molar-refractivity contribution in [3.63, 3.8) is 0 Å². The van der Waals surface area contributed by atoms with Crippen LogP contribution in [0.25, 0.3) is 0 Å². The van der Waals surface area contributed by atoms with E-state index in [1.54, 1.807) is 7.11 Å². The van der Waals surface area contributed by atoms with Gasteiger partial charge in [0.2, 0.25) is 5.82 Å². The highest BCUT2D eigenvalue weighted by atomic mass is 16.5. The summed E-state index contributed by atoms with van der Waals surface area (Å²) >= 11 is 0. The quantitative estimate of drug-likeness (QED) is 0.691. The van der Waals surface area contributed by atoms with Crippen LogP contribution in [0.5, 0.6) is 0 Å². The van der Waals surface area contributed by atoms with Gasteiger partial charge in [0.1, 0.15) is 12.2 Å². The van der Waals surface area contributed by atoms with E-state index < -0.39 is 5.60 Å². The summed E-state index contributed by atoms with van der Waals surface area (Å²) in [6.45, 7) is 5.32. The lowest BCUT2D eigenvalue weighted by atomic mass is 9.96. The van der Waals surface area contributed by atoms with E-state index in [0.717, 1.165) is 12.8 Å². The normalized spacial score (nSPS) is 12.0. The van der Waals surface area contributed by atoms with E-state index in [0.29, 0.717) is 24.9 Å². The van der Waals surface area contributed by atoms with Crippen LogP contribution in [0.1, 0.15) is 38.4 Å². The molecule has 0 amide bonds. The molecule has 0 unspecified atom stereocenters. The summed E-state index contributed by atoms with van der Waals surface area (Å²) < 4.78 is 15.9. The Balaban J connectivity index is 2.71. The van der Waals surface area contributed by atoms with Crippen LogP contribution in [0.2, 0.25) is 0 Å². The molecule has 1 heterocycles. The van der Waals surface area contributed by atoms with Crippen LogP contribution in [-0.2, 0) is 21.7 Å². The van der Waals surface area contributed by atoms with Crippen LogP contribution in [0.3, 0.4) is 0 Å². The molecule has 0 radical (unpaired) electrons. The first-order valence-electron chi connectivity index (χ1n) is 5.88. The fraction of sp³-hybridized carbons (Fsp3) is 0.818. The molecular formula is C11H21N3O3. The van der Waals surface area contributed by atoms with Gasteiger partial charge in [-0.05, 0) is 12.8 Å². The predicted octanol–water partition coefficient (Wildman–Crippen LogP) is 1.21. The second-order valence-corrected chi connectivity index (χ2v) is 3.76. The summed E-state index contributed by atoms with van der Waals surface area (Å²) in [4.78, 5) is 4.30. The van der Waals surface area contributed by atoms with E-state index in [-0.39, 0.29) is 6.61 Å². The Hall–Kier alpha value is -0.980. The molecule has 6 heteroatoms. The van der Waals surface area contributed by atoms with Crippen LogP contribution >= 0.6 is 0 Å². The molecule has 0 aliphatic carbocycles. The van der Waals surface area contributed by atoms with Crippen LogP contribution in [0, 0.1) is 0 Å². The molecule has 98 valence electrons. The maximum atomic E-state index is 5.52. The zero-order valence-corrected chi connectivity index (χ0v) is 10.7. The summed E-state index contributed by atoms with van der Waals surface area (Å²) in [6, 6.07) is 0.